The van der Waals surface area contributed by atoms with E-state index < -0.39 is 0 Å². The van der Waals surface area contributed by atoms with Crippen LogP contribution in [0.15, 0.2) is 18.2 Å². The number of anilines is 2. The molecule has 1 atom stereocenters. The van der Waals surface area contributed by atoms with Gasteiger partial charge in [-0.25, -0.2) is 0 Å². The van der Waals surface area contributed by atoms with Gasteiger partial charge in [0.05, 0.1) is 24.6 Å². The number of carbonyl (C=O) groups excluding carboxylic acids is 1. The Balaban J connectivity index is 2.06. The number of nitrogens with one attached hydrogen (secondary N) is 1. The van der Waals surface area contributed by atoms with Crippen molar-refractivity contribution in [3.05, 3.63) is 23.8 Å². The molecule has 1 unspecified atom stereocenters. The molecule has 4 heteroatoms. The lowest BCUT2D eigenvalue weighted by Crippen LogP contribution is -2.54. The fourth-order valence-corrected chi connectivity index (χ4v) is 2.33. The maximum atomic E-state index is 11.9. The molecular weight excluding hydrogens is 204 g/mol. The molecule has 0 aromatic heterocycles. The second kappa shape index (κ2) is 3.49. The quantitative estimate of drug-likeness (QED) is 0.710. The molecule has 84 valence electrons. The zero-order chi connectivity index (χ0) is 11.1. The van der Waals surface area contributed by atoms with Crippen molar-refractivity contribution in [2.45, 2.75) is 13.0 Å². The van der Waals surface area contributed by atoms with Crippen molar-refractivity contribution < 1.29 is 9.53 Å². The van der Waals surface area contributed by atoms with E-state index in [0.717, 1.165) is 23.5 Å². The molecule has 1 amide bonds. The summed E-state index contributed by atoms with van der Waals surface area (Å²) >= 11 is 0. The van der Waals surface area contributed by atoms with E-state index in [1.54, 1.807) is 0 Å². The topological polar surface area (TPSA) is 41.6 Å². The highest BCUT2D eigenvalue weighted by Gasteiger charge is 2.34. The number of carbonyl (C=O) groups is 1. The van der Waals surface area contributed by atoms with Gasteiger partial charge in [-0.3, -0.25) is 4.79 Å². The summed E-state index contributed by atoms with van der Waals surface area (Å²) in [5.41, 5.74) is 3.19. The lowest BCUT2D eigenvalue weighted by molar-refractivity contribution is -0.119. The van der Waals surface area contributed by atoms with Gasteiger partial charge in [0.25, 0.3) is 0 Å². The molecule has 0 aliphatic carbocycles. The number of rotatable bonds is 0. The number of morpholine rings is 1. The largest absolute Gasteiger partial charge is 0.377 e. The van der Waals surface area contributed by atoms with E-state index in [-0.39, 0.29) is 11.9 Å². The maximum Gasteiger partial charge on any atom is 0.249 e. The molecule has 0 radical (unpaired) electrons. The van der Waals surface area contributed by atoms with Crippen LogP contribution in [0.25, 0.3) is 0 Å². The lowest BCUT2D eigenvalue weighted by Gasteiger charge is -2.40. The highest BCUT2D eigenvalue weighted by molar-refractivity contribution is 6.03. The van der Waals surface area contributed by atoms with E-state index in [2.05, 4.69) is 22.3 Å². The summed E-state index contributed by atoms with van der Waals surface area (Å²) in [6.07, 6.45) is 0. The van der Waals surface area contributed by atoms with E-state index in [0.29, 0.717) is 13.2 Å². The predicted octanol–water partition coefficient (Wildman–Crippen LogP) is 1.15. The van der Waals surface area contributed by atoms with Gasteiger partial charge >= 0.3 is 0 Å². The Hall–Kier alpha value is -1.55. The Kier molecular flexibility index (Phi) is 2.11. The Morgan fingerprint density at radius 2 is 2.38 bits per heavy atom. The number of aryl methyl sites for hydroxylation is 1. The maximum absolute atomic E-state index is 11.9. The van der Waals surface area contributed by atoms with Gasteiger partial charge in [0.1, 0.15) is 6.04 Å². The molecule has 4 nitrogen and oxygen atoms in total. The minimum absolute atomic E-state index is 0.0396. The van der Waals surface area contributed by atoms with E-state index in [1.165, 1.54) is 0 Å². The predicted molar refractivity (Wildman–Crippen MR) is 61.8 cm³/mol. The monoisotopic (exact) mass is 218 g/mol. The van der Waals surface area contributed by atoms with Crippen LogP contribution in [0, 0.1) is 6.92 Å². The molecular formula is C12H14N2O2. The fraction of sp³-hybridized carbons (Fsp3) is 0.417. The molecule has 0 spiro atoms. The third-order valence-corrected chi connectivity index (χ3v) is 3.15. The average Bonchev–Trinajstić information content (AvgIpc) is 2.29. The van der Waals surface area contributed by atoms with Gasteiger partial charge in [-0.05, 0) is 24.6 Å². The molecule has 2 aliphatic rings. The number of amides is 1. The lowest BCUT2D eigenvalue weighted by atomic mass is 10.1. The van der Waals surface area contributed by atoms with Crippen LogP contribution >= 0.6 is 0 Å². The first-order chi connectivity index (χ1) is 7.75. The first kappa shape index (κ1) is 9.66. The van der Waals surface area contributed by atoms with Crippen molar-refractivity contribution in [3.8, 4) is 0 Å². The van der Waals surface area contributed by atoms with E-state index in [4.69, 9.17) is 4.74 Å². The third-order valence-electron chi connectivity index (χ3n) is 3.15. The van der Waals surface area contributed by atoms with Crippen molar-refractivity contribution in [2.75, 3.05) is 30.0 Å². The SMILES string of the molecule is Cc1ccc2c(c1)NC(=O)C1COCCN21. The van der Waals surface area contributed by atoms with E-state index in [9.17, 15) is 4.79 Å². The number of hydrogen-bond acceptors (Lipinski definition) is 3. The molecule has 2 heterocycles. The highest BCUT2D eigenvalue weighted by Crippen LogP contribution is 2.33. The van der Waals surface area contributed by atoms with Gasteiger partial charge in [-0.15, -0.1) is 0 Å². The normalized spacial score (nSPS) is 23.4. The summed E-state index contributed by atoms with van der Waals surface area (Å²) in [5.74, 6) is 0.0396. The van der Waals surface area contributed by atoms with Crippen molar-refractivity contribution in [3.63, 3.8) is 0 Å². The number of benzene rings is 1. The zero-order valence-corrected chi connectivity index (χ0v) is 9.19. The summed E-state index contributed by atoms with van der Waals surface area (Å²) in [5, 5.41) is 2.94. The molecule has 1 saturated heterocycles. The van der Waals surface area contributed by atoms with Crippen LogP contribution in [0.2, 0.25) is 0 Å². The molecule has 1 N–H and O–H groups in total. The van der Waals surface area contributed by atoms with Crippen molar-refractivity contribution >= 4 is 17.3 Å². The molecule has 1 aromatic rings. The van der Waals surface area contributed by atoms with Crippen LogP contribution in [-0.2, 0) is 9.53 Å². The van der Waals surface area contributed by atoms with Crippen molar-refractivity contribution in [2.24, 2.45) is 0 Å². The summed E-state index contributed by atoms with van der Waals surface area (Å²) in [6, 6.07) is 5.99. The molecule has 0 saturated carbocycles. The van der Waals surface area contributed by atoms with Crippen molar-refractivity contribution in [1.82, 2.24) is 0 Å². The highest BCUT2D eigenvalue weighted by atomic mass is 16.5. The summed E-state index contributed by atoms with van der Waals surface area (Å²) in [4.78, 5) is 14.0. The molecule has 1 aromatic carbocycles. The van der Waals surface area contributed by atoms with Gasteiger partial charge in [0.2, 0.25) is 5.91 Å². The van der Waals surface area contributed by atoms with Crippen LogP contribution in [0.3, 0.4) is 0 Å². The fourth-order valence-electron chi connectivity index (χ4n) is 2.33. The van der Waals surface area contributed by atoms with Crippen LogP contribution in [0.4, 0.5) is 11.4 Å². The van der Waals surface area contributed by atoms with Gasteiger partial charge in [-0.2, -0.15) is 0 Å². The molecule has 0 bridgehead atoms. The van der Waals surface area contributed by atoms with Crippen LogP contribution in [0.5, 0.6) is 0 Å². The van der Waals surface area contributed by atoms with Gasteiger partial charge in [-0.1, -0.05) is 6.07 Å². The number of hydrogen-bond donors (Lipinski definition) is 1. The Morgan fingerprint density at radius 3 is 3.25 bits per heavy atom. The van der Waals surface area contributed by atoms with E-state index >= 15 is 0 Å². The van der Waals surface area contributed by atoms with Crippen LogP contribution < -0.4 is 10.2 Å². The van der Waals surface area contributed by atoms with Crippen molar-refractivity contribution in [1.29, 1.82) is 0 Å². The van der Waals surface area contributed by atoms with Crippen LogP contribution in [0.1, 0.15) is 5.56 Å². The van der Waals surface area contributed by atoms with E-state index in [1.807, 2.05) is 13.0 Å². The number of ether oxygens (including phenoxy) is 1. The van der Waals surface area contributed by atoms with Gasteiger partial charge in [0.15, 0.2) is 0 Å². The number of fused-ring (bicyclic) bond motifs is 3. The molecule has 2 aliphatic heterocycles. The van der Waals surface area contributed by atoms with Crippen LogP contribution in [-0.4, -0.2) is 31.7 Å². The molecule has 3 rings (SSSR count). The minimum Gasteiger partial charge on any atom is -0.377 e. The number of nitrogens with zero attached hydrogens (tertiary/aromatic N) is 1. The molecule has 1 fully saturated rings. The second-order valence-corrected chi connectivity index (χ2v) is 4.29. The average molecular weight is 218 g/mol. The third kappa shape index (κ3) is 1.38. The Bertz CT molecular complexity index is 445. The van der Waals surface area contributed by atoms with Gasteiger partial charge in [0, 0.05) is 6.54 Å². The summed E-state index contributed by atoms with van der Waals surface area (Å²) in [6.45, 7) is 3.99. The Morgan fingerprint density at radius 1 is 1.50 bits per heavy atom. The van der Waals surface area contributed by atoms with Gasteiger partial charge < -0.3 is 15.0 Å². The summed E-state index contributed by atoms with van der Waals surface area (Å²) < 4.78 is 5.35. The smallest absolute Gasteiger partial charge is 0.249 e. The first-order valence-corrected chi connectivity index (χ1v) is 5.51. The minimum atomic E-state index is -0.163. The zero-order valence-electron chi connectivity index (χ0n) is 9.19. The standard InChI is InChI=1S/C12H14N2O2/c1-8-2-3-10-9(6-8)13-12(15)11-7-16-5-4-14(10)11/h2-3,6,11H,4-5,7H2,1H3,(H,13,15). The summed E-state index contributed by atoms with van der Waals surface area (Å²) in [7, 11) is 0. The Labute approximate surface area is 94.2 Å². The first-order valence-electron chi connectivity index (χ1n) is 5.51. The second-order valence-electron chi connectivity index (χ2n) is 4.29. The molecule has 16 heavy (non-hydrogen) atoms.